The van der Waals surface area contributed by atoms with E-state index < -0.39 is 0 Å². The van der Waals surface area contributed by atoms with Crippen LogP contribution in [0.5, 0.6) is 0 Å². The molecular weight excluding hydrogens is 352 g/mol. The molecule has 0 unspecified atom stereocenters. The zero-order chi connectivity index (χ0) is 18.8. The summed E-state index contributed by atoms with van der Waals surface area (Å²) in [5.41, 5.74) is 1.62. The molecule has 0 atom stereocenters. The van der Waals surface area contributed by atoms with Gasteiger partial charge in [-0.1, -0.05) is 36.7 Å². The van der Waals surface area contributed by atoms with Crippen molar-refractivity contribution in [1.82, 2.24) is 18.9 Å². The molecule has 3 aromatic rings. The Morgan fingerprint density at radius 1 is 1.23 bits per heavy atom. The van der Waals surface area contributed by atoms with Crippen LogP contribution in [0.3, 0.4) is 0 Å². The van der Waals surface area contributed by atoms with E-state index in [1.807, 2.05) is 32.0 Å². The Balaban J connectivity index is 2.14. The largest absolute Gasteiger partial charge is 0.338 e. The maximum absolute atomic E-state index is 12.7. The molecule has 0 bridgehead atoms. The minimum absolute atomic E-state index is 0.167. The molecule has 0 saturated heterocycles. The second-order valence-electron chi connectivity index (χ2n) is 6.10. The van der Waals surface area contributed by atoms with Crippen molar-refractivity contribution >= 4 is 23.2 Å². The number of benzene rings is 1. The van der Waals surface area contributed by atoms with E-state index >= 15 is 0 Å². The molecule has 0 fully saturated rings. The smallest absolute Gasteiger partial charge is 0.294 e. The molecule has 26 heavy (non-hydrogen) atoms. The number of imidazole rings is 1. The van der Waals surface area contributed by atoms with Gasteiger partial charge in [0.15, 0.2) is 0 Å². The molecule has 2 aromatic heterocycles. The third kappa shape index (κ3) is 3.12. The zero-order valence-electron chi connectivity index (χ0n) is 15.1. The van der Waals surface area contributed by atoms with Crippen molar-refractivity contribution in [3.8, 4) is 11.3 Å². The van der Waals surface area contributed by atoms with Crippen LogP contribution in [-0.2, 0) is 7.05 Å². The number of rotatable bonds is 5. The van der Waals surface area contributed by atoms with Crippen molar-refractivity contribution in [1.29, 1.82) is 0 Å². The van der Waals surface area contributed by atoms with E-state index in [-0.39, 0.29) is 22.8 Å². The molecule has 7 heteroatoms. The summed E-state index contributed by atoms with van der Waals surface area (Å²) in [7, 11) is 1.67. The van der Waals surface area contributed by atoms with Crippen molar-refractivity contribution in [2.45, 2.75) is 20.3 Å². The fourth-order valence-electron chi connectivity index (χ4n) is 2.99. The Hall–Kier alpha value is -2.60. The van der Waals surface area contributed by atoms with Gasteiger partial charge in [0.25, 0.3) is 11.5 Å². The lowest BCUT2D eigenvalue weighted by atomic mass is 10.1. The summed E-state index contributed by atoms with van der Waals surface area (Å²) in [6.07, 6.45) is 4.25. The Morgan fingerprint density at radius 2 is 1.96 bits per heavy atom. The summed E-state index contributed by atoms with van der Waals surface area (Å²) >= 11 is 6.28. The summed E-state index contributed by atoms with van der Waals surface area (Å²) in [5, 5.41) is 0.554. The van der Waals surface area contributed by atoms with Crippen LogP contribution in [0.15, 0.2) is 41.5 Å². The van der Waals surface area contributed by atoms with Gasteiger partial charge in [-0.25, -0.2) is 4.98 Å². The van der Waals surface area contributed by atoms with Crippen LogP contribution >= 0.6 is 11.6 Å². The summed E-state index contributed by atoms with van der Waals surface area (Å²) in [6, 6.07) is 7.33. The molecule has 3 rings (SSSR count). The van der Waals surface area contributed by atoms with Crippen molar-refractivity contribution in [3.05, 3.63) is 57.7 Å². The quantitative estimate of drug-likeness (QED) is 0.690. The zero-order valence-corrected chi connectivity index (χ0v) is 15.8. The van der Waals surface area contributed by atoms with E-state index in [9.17, 15) is 9.59 Å². The molecule has 0 aliphatic rings. The van der Waals surface area contributed by atoms with Gasteiger partial charge in [-0.2, -0.15) is 0 Å². The molecular formula is C19H21ClN4O2. The molecule has 0 saturated carbocycles. The number of aromatic nitrogens is 3. The first-order valence-electron chi connectivity index (χ1n) is 8.60. The Bertz CT molecular complexity index is 1020. The highest BCUT2D eigenvalue weighted by Gasteiger charge is 2.19. The van der Waals surface area contributed by atoms with Crippen molar-refractivity contribution in [3.63, 3.8) is 0 Å². The molecule has 1 aromatic carbocycles. The topological polar surface area (TPSA) is 59.6 Å². The van der Waals surface area contributed by atoms with Gasteiger partial charge in [-0.3, -0.25) is 14.0 Å². The van der Waals surface area contributed by atoms with Crippen LogP contribution in [-0.4, -0.2) is 37.8 Å². The molecule has 2 heterocycles. The van der Waals surface area contributed by atoms with Crippen molar-refractivity contribution in [2.75, 3.05) is 13.1 Å². The fourth-order valence-corrected chi connectivity index (χ4v) is 3.22. The van der Waals surface area contributed by atoms with Crippen LogP contribution in [0.4, 0.5) is 0 Å². The minimum Gasteiger partial charge on any atom is -0.338 e. The normalized spacial score (nSPS) is 11.1. The lowest BCUT2D eigenvalue weighted by molar-refractivity contribution is 0.0759. The van der Waals surface area contributed by atoms with Gasteiger partial charge in [-0.05, 0) is 19.4 Å². The predicted octanol–water partition coefficient (Wildman–Crippen LogP) is 3.23. The van der Waals surface area contributed by atoms with Crippen molar-refractivity contribution < 1.29 is 4.79 Å². The summed E-state index contributed by atoms with van der Waals surface area (Å²) in [6.45, 7) is 5.21. The van der Waals surface area contributed by atoms with E-state index in [1.54, 1.807) is 34.8 Å². The third-order valence-electron chi connectivity index (χ3n) is 4.38. The van der Waals surface area contributed by atoms with Gasteiger partial charge < -0.3 is 9.47 Å². The van der Waals surface area contributed by atoms with Gasteiger partial charge in [-0.15, -0.1) is 0 Å². The number of hydrogen-bond acceptors (Lipinski definition) is 3. The Labute approximate surface area is 156 Å². The highest BCUT2D eigenvalue weighted by Crippen LogP contribution is 2.26. The molecule has 0 N–H and O–H groups in total. The fraction of sp³-hybridized carbons (Fsp3) is 0.316. The highest BCUT2D eigenvalue weighted by atomic mass is 35.5. The van der Waals surface area contributed by atoms with Crippen LogP contribution in [0, 0.1) is 0 Å². The summed E-state index contributed by atoms with van der Waals surface area (Å²) in [4.78, 5) is 31.4. The lowest BCUT2D eigenvalue weighted by Crippen LogP contribution is -2.31. The number of fused-ring (bicyclic) bond motifs is 1. The van der Waals surface area contributed by atoms with Crippen LogP contribution in [0.1, 0.15) is 30.8 Å². The van der Waals surface area contributed by atoms with E-state index in [1.165, 1.54) is 4.57 Å². The predicted molar refractivity (Wildman–Crippen MR) is 103 cm³/mol. The number of nitrogens with zero attached hydrogens (tertiary/aromatic N) is 4. The highest BCUT2D eigenvalue weighted by molar-refractivity contribution is 6.33. The minimum atomic E-state index is -0.278. The van der Waals surface area contributed by atoms with E-state index in [4.69, 9.17) is 11.6 Å². The molecule has 1 amide bonds. The van der Waals surface area contributed by atoms with Gasteiger partial charge in [0.05, 0.1) is 5.69 Å². The molecule has 136 valence electrons. The number of hydrogen-bond donors (Lipinski definition) is 0. The monoisotopic (exact) mass is 372 g/mol. The lowest BCUT2D eigenvalue weighted by Gasteiger charge is -2.18. The average molecular weight is 373 g/mol. The molecule has 0 radical (unpaired) electrons. The number of carbonyl (C=O) groups is 1. The molecule has 0 aliphatic heterocycles. The van der Waals surface area contributed by atoms with Gasteiger partial charge in [0.2, 0.25) is 5.65 Å². The number of amides is 1. The maximum Gasteiger partial charge on any atom is 0.294 e. The van der Waals surface area contributed by atoms with E-state index in [0.717, 1.165) is 12.0 Å². The van der Waals surface area contributed by atoms with Gasteiger partial charge in [0, 0.05) is 43.1 Å². The van der Waals surface area contributed by atoms with E-state index in [0.29, 0.717) is 23.8 Å². The number of halogens is 1. The SMILES string of the molecule is CCCN(CC)C(=O)c1cn2cc(-c3ccccc3Cl)n(C)c(=O)c2n1. The second kappa shape index (κ2) is 7.33. The van der Waals surface area contributed by atoms with Crippen LogP contribution in [0.2, 0.25) is 5.02 Å². The Morgan fingerprint density at radius 3 is 2.62 bits per heavy atom. The molecule has 0 aliphatic carbocycles. The van der Waals surface area contributed by atoms with Crippen LogP contribution in [0.25, 0.3) is 16.9 Å². The van der Waals surface area contributed by atoms with Gasteiger partial charge in [0.1, 0.15) is 5.69 Å². The first-order valence-corrected chi connectivity index (χ1v) is 8.98. The molecule has 6 nitrogen and oxygen atoms in total. The summed E-state index contributed by atoms with van der Waals surface area (Å²) in [5.74, 6) is -0.167. The summed E-state index contributed by atoms with van der Waals surface area (Å²) < 4.78 is 3.11. The Kier molecular flexibility index (Phi) is 5.13. The van der Waals surface area contributed by atoms with Crippen LogP contribution < -0.4 is 5.56 Å². The third-order valence-corrected chi connectivity index (χ3v) is 4.71. The first-order chi connectivity index (χ1) is 12.5. The van der Waals surface area contributed by atoms with Gasteiger partial charge >= 0.3 is 0 Å². The standard InChI is InChI=1S/C19H21ClN4O2/c1-4-10-23(5-2)18(25)15-11-24-12-16(13-8-6-7-9-14(13)20)22(3)19(26)17(24)21-15/h6-9,11-12H,4-5,10H2,1-3H3. The maximum atomic E-state index is 12.7. The van der Waals surface area contributed by atoms with E-state index in [2.05, 4.69) is 4.98 Å². The molecule has 0 spiro atoms. The average Bonchev–Trinajstić information content (AvgIpc) is 3.07. The second-order valence-corrected chi connectivity index (χ2v) is 6.51. The number of carbonyl (C=O) groups excluding carboxylic acids is 1. The van der Waals surface area contributed by atoms with Crippen molar-refractivity contribution in [2.24, 2.45) is 7.05 Å². The first kappa shape index (κ1) is 18.2.